The largest absolute Gasteiger partial charge is 0.381 e. The molecule has 0 radical (unpaired) electrons. The van der Waals surface area contributed by atoms with E-state index in [1.807, 2.05) is 25.2 Å². The number of rotatable bonds is 3. The van der Waals surface area contributed by atoms with Crippen LogP contribution in [0.2, 0.25) is 10.0 Å². The molecule has 1 aliphatic carbocycles. The van der Waals surface area contributed by atoms with E-state index in [2.05, 4.69) is 10.6 Å². The van der Waals surface area contributed by atoms with Crippen molar-refractivity contribution in [2.75, 3.05) is 12.4 Å². The first-order chi connectivity index (χ1) is 8.70. The summed E-state index contributed by atoms with van der Waals surface area (Å²) in [5, 5.41) is 8.22. The van der Waals surface area contributed by atoms with E-state index in [1.54, 1.807) is 0 Å². The Morgan fingerprint density at radius 3 is 2.39 bits per heavy atom. The van der Waals surface area contributed by atoms with Crippen molar-refractivity contribution < 1.29 is 0 Å². The third kappa shape index (κ3) is 3.53. The van der Waals surface area contributed by atoms with E-state index < -0.39 is 0 Å². The Kier molecular flexibility index (Phi) is 5.16. The van der Waals surface area contributed by atoms with E-state index in [1.165, 1.54) is 32.1 Å². The second-order valence-electron chi connectivity index (χ2n) is 4.91. The summed E-state index contributed by atoms with van der Waals surface area (Å²) in [6, 6.07) is 6.74. The summed E-state index contributed by atoms with van der Waals surface area (Å²) >= 11 is 12.0. The first-order valence-electron chi connectivity index (χ1n) is 6.59. The number of hydrogen-bond acceptors (Lipinski definition) is 2. The Labute approximate surface area is 119 Å². The molecule has 4 heteroatoms. The predicted molar refractivity (Wildman–Crippen MR) is 79.8 cm³/mol. The fraction of sp³-hybridized carbons (Fsp3) is 0.571. The van der Waals surface area contributed by atoms with Gasteiger partial charge in [0.15, 0.2) is 0 Å². The minimum Gasteiger partial charge on any atom is -0.381 e. The molecule has 0 unspecified atom stereocenters. The predicted octanol–water partition coefficient (Wildman–Crippen LogP) is 4.33. The number of nitrogens with one attached hydrogen (secondary N) is 2. The van der Waals surface area contributed by atoms with Crippen LogP contribution in [0.5, 0.6) is 0 Å². The third-order valence-corrected chi connectivity index (χ3v) is 4.40. The van der Waals surface area contributed by atoms with Gasteiger partial charge in [-0.15, -0.1) is 0 Å². The average Bonchev–Trinajstić information content (AvgIpc) is 2.59. The fourth-order valence-electron chi connectivity index (χ4n) is 2.63. The highest BCUT2D eigenvalue weighted by molar-refractivity contribution is 6.42. The quantitative estimate of drug-likeness (QED) is 0.809. The maximum Gasteiger partial charge on any atom is 0.0612 e. The number of halogens is 2. The van der Waals surface area contributed by atoms with Crippen LogP contribution < -0.4 is 10.6 Å². The van der Waals surface area contributed by atoms with Crippen LogP contribution in [-0.4, -0.2) is 19.1 Å². The lowest BCUT2D eigenvalue weighted by Crippen LogP contribution is -2.41. The van der Waals surface area contributed by atoms with Gasteiger partial charge < -0.3 is 10.6 Å². The van der Waals surface area contributed by atoms with Gasteiger partial charge in [-0.3, -0.25) is 0 Å². The lowest BCUT2D eigenvalue weighted by atomic mass is 10.0. The van der Waals surface area contributed by atoms with Crippen molar-refractivity contribution in [3.63, 3.8) is 0 Å². The van der Waals surface area contributed by atoms with Crippen molar-refractivity contribution in [3.8, 4) is 0 Å². The molecule has 2 N–H and O–H groups in total. The molecule has 0 heterocycles. The lowest BCUT2D eigenvalue weighted by molar-refractivity contribution is 0.458. The SMILES string of the molecule is CN[C@@H]1CCCCC[C@H]1Nc1ccc(Cl)c(Cl)c1. The van der Waals surface area contributed by atoms with Crippen molar-refractivity contribution in [2.24, 2.45) is 0 Å². The summed E-state index contributed by atoms with van der Waals surface area (Å²) in [4.78, 5) is 0. The van der Waals surface area contributed by atoms with Gasteiger partial charge in [0, 0.05) is 17.8 Å². The Morgan fingerprint density at radius 2 is 1.72 bits per heavy atom. The first-order valence-corrected chi connectivity index (χ1v) is 7.35. The molecule has 2 nitrogen and oxygen atoms in total. The summed E-state index contributed by atoms with van der Waals surface area (Å²) in [5.41, 5.74) is 1.05. The molecule has 100 valence electrons. The molecule has 1 aromatic carbocycles. The van der Waals surface area contributed by atoms with E-state index in [0.29, 0.717) is 22.1 Å². The van der Waals surface area contributed by atoms with Crippen LogP contribution >= 0.6 is 23.2 Å². The van der Waals surface area contributed by atoms with Crippen molar-refractivity contribution in [1.82, 2.24) is 5.32 Å². The molecular weight excluding hydrogens is 267 g/mol. The molecule has 1 aliphatic rings. The summed E-state index contributed by atoms with van der Waals surface area (Å²) in [7, 11) is 2.04. The molecule has 0 aliphatic heterocycles. The van der Waals surface area contributed by atoms with Crippen molar-refractivity contribution in [2.45, 2.75) is 44.2 Å². The topological polar surface area (TPSA) is 24.1 Å². The minimum absolute atomic E-state index is 0.467. The summed E-state index contributed by atoms with van der Waals surface area (Å²) in [6.07, 6.45) is 6.36. The summed E-state index contributed by atoms with van der Waals surface area (Å²) in [6.45, 7) is 0. The Balaban J connectivity index is 2.07. The molecule has 2 atom stereocenters. The third-order valence-electron chi connectivity index (χ3n) is 3.66. The molecule has 1 saturated carbocycles. The summed E-state index contributed by atoms with van der Waals surface area (Å²) in [5.74, 6) is 0. The van der Waals surface area contributed by atoms with E-state index in [0.717, 1.165) is 5.69 Å². The van der Waals surface area contributed by atoms with Gasteiger partial charge in [-0.2, -0.15) is 0 Å². The molecule has 2 rings (SSSR count). The highest BCUT2D eigenvalue weighted by Crippen LogP contribution is 2.27. The zero-order chi connectivity index (χ0) is 13.0. The van der Waals surface area contributed by atoms with Crippen LogP contribution in [0.1, 0.15) is 32.1 Å². The van der Waals surface area contributed by atoms with Crippen LogP contribution in [0.3, 0.4) is 0 Å². The Bertz CT molecular complexity index is 395. The van der Waals surface area contributed by atoms with Crippen molar-refractivity contribution >= 4 is 28.9 Å². The monoisotopic (exact) mass is 286 g/mol. The first kappa shape index (κ1) is 14.0. The number of likely N-dealkylation sites (N-methyl/N-ethyl adjacent to an activating group) is 1. The second-order valence-corrected chi connectivity index (χ2v) is 5.73. The average molecular weight is 287 g/mol. The van der Waals surface area contributed by atoms with Gasteiger partial charge in [-0.1, -0.05) is 42.5 Å². The second kappa shape index (κ2) is 6.65. The lowest BCUT2D eigenvalue weighted by Gasteiger charge is -2.27. The molecular formula is C14H20Cl2N2. The normalized spacial score (nSPS) is 24.6. The minimum atomic E-state index is 0.467. The van der Waals surface area contributed by atoms with Gasteiger partial charge in [0.25, 0.3) is 0 Å². The van der Waals surface area contributed by atoms with Crippen molar-refractivity contribution in [1.29, 1.82) is 0 Å². The molecule has 0 saturated heterocycles. The zero-order valence-electron chi connectivity index (χ0n) is 10.7. The fourth-order valence-corrected chi connectivity index (χ4v) is 2.92. The zero-order valence-corrected chi connectivity index (χ0v) is 12.2. The Hall–Kier alpha value is -0.440. The molecule has 0 aromatic heterocycles. The maximum absolute atomic E-state index is 6.05. The van der Waals surface area contributed by atoms with Gasteiger partial charge in [-0.05, 0) is 38.1 Å². The van der Waals surface area contributed by atoms with Crippen molar-refractivity contribution in [3.05, 3.63) is 28.2 Å². The number of benzene rings is 1. The van der Waals surface area contributed by atoms with Gasteiger partial charge in [0.1, 0.15) is 0 Å². The van der Waals surface area contributed by atoms with Crippen LogP contribution in [0, 0.1) is 0 Å². The van der Waals surface area contributed by atoms with Crippen LogP contribution in [0.25, 0.3) is 0 Å². The standard InChI is InChI=1S/C14H20Cl2N2/c1-17-13-5-3-2-4-6-14(13)18-10-7-8-11(15)12(16)9-10/h7-9,13-14,17-18H,2-6H2,1H3/t13-,14-/m1/s1. The number of hydrogen-bond donors (Lipinski definition) is 2. The van der Waals surface area contributed by atoms with E-state index in [9.17, 15) is 0 Å². The smallest absolute Gasteiger partial charge is 0.0612 e. The van der Waals surface area contributed by atoms with Crippen LogP contribution in [0.15, 0.2) is 18.2 Å². The number of anilines is 1. The molecule has 18 heavy (non-hydrogen) atoms. The van der Waals surface area contributed by atoms with Crippen LogP contribution in [-0.2, 0) is 0 Å². The molecule has 1 aromatic rings. The van der Waals surface area contributed by atoms with E-state index in [-0.39, 0.29) is 0 Å². The molecule has 0 bridgehead atoms. The van der Waals surface area contributed by atoms with Crippen LogP contribution in [0.4, 0.5) is 5.69 Å². The molecule has 0 amide bonds. The highest BCUT2D eigenvalue weighted by atomic mass is 35.5. The molecule has 1 fully saturated rings. The van der Waals surface area contributed by atoms with Gasteiger partial charge in [0.2, 0.25) is 0 Å². The maximum atomic E-state index is 6.05. The van der Waals surface area contributed by atoms with E-state index in [4.69, 9.17) is 23.2 Å². The van der Waals surface area contributed by atoms with Gasteiger partial charge in [-0.25, -0.2) is 0 Å². The highest BCUT2D eigenvalue weighted by Gasteiger charge is 2.22. The van der Waals surface area contributed by atoms with Gasteiger partial charge >= 0.3 is 0 Å². The summed E-state index contributed by atoms with van der Waals surface area (Å²) < 4.78 is 0. The molecule has 0 spiro atoms. The van der Waals surface area contributed by atoms with E-state index >= 15 is 0 Å². The Morgan fingerprint density at radius 1 is 1.00 bits per heavy atom. The van der Waals surface area contributed by atoms with Gasteiger partial charge in [0.05, 0.1) is 10.0 Å².